The van der Waals surface area contributed by atoms with Crippen LogP contribution in [0, 0.1) is 6.92 Å². The first-order chi connectivity index (χ1) is 11.1. The number of carbonyl (C=O) groups excluding carboxylic acids is 1. The molecule has 2 fully saturated rings. The number of amides is 1. The van der Waals surface area contributed by atoms with Crippen molar-refractivity contribution in [3.63, 3.8) is 0 Å². The molecule has 2 aromatic heterocycles. The molecule has 24 heavy (non-hydrogen) atoms. The molecule has 6 nitrogen and oxygen atoms in total. The monoisotopic (exact) mass is 350 g/mol. The van der Waals surface area contributed by atoms with E-state index < -0.39 is 0 Å². The van der Waals surface area contributed by atoms with Gasteiger partial charge in [0.1, 0.15) is 0 Å². The zero-order chi connectivity index (χ0) is 16.0. The number of nitrogens with one attached hydrogen (secondary N) is 1. The van der Waals surface area contributed by atoms with Crippen LogP contribution in [0.3, 0.4) is 0 Å². The van der Waals surface area contributed by atoms with Crippen LogP contribution in [-0.2, 0) is 0 Å². The highest BCUT2D eigenvalue weighted by Gasteiger charge is 2.30. The first kappa shape index (κ1) is 17.2. The van der Waals surface area contributed by atoms with E-state index in [2.05, 4.69) is 15.5 Å². The summed E-state index contributed by atoms with van der Waals surface area (Å²) in [6.45, 7) is 3.80. The van der Waals surface area contributed by atoms with Gasteiger partial charge in [0.25, 0.3) is 11.6 Å². The number of aromatic nitrogens is 2. The van der Waals surface area contributed by atoms with Gasteiger partial charge >= 0.3 is 0 Å². The minimum atomic E-state index is 0. The van der Waals surface area contributed by atoms with Crippen molar-refractivity contribution >= 4 is 29.4 Å². The predicted molar refractivity (Wildman–Crippen MR) is 93.7 cm³/mol. The number of halogens is 1. The highest BCUT2D eigenvalue weighted by atomic mass is 35.5. The van der Waals surface area contributed by atoms with E-state index in [1.807, 2.05) is 24.9 Å². The molecule has 1 N–H and O–H groups in total. The van der Waals surface area contributed by atoms with Gasteiger partial charge in [-0.3, -0.25) is 4.79 Å². The fourth-order valence-electron chi connectivity index (χ4n) is 3.42. The standard InChI is InChI=1S/C17H22N4O2.ClH/c1-10-15-13(17(22)21(2)12-5-7-18-8-6-12)9-14(11-3-4-11)19-16(15)23-20-10;/h9,11-12,18H,3-8H2,1-2H3;1H. The van der Waals surface area contributed by atoms with Crippen LogP contribution in [0.25, 0.3) is 11.1 Å². The van der Waals surface area contributed by atoms with Crippen molar-refractivity contribution in [3.8, 4) is 0 Å². The number of carbonyl (C=O) groups is 1. The Kier molecular flexibility index (Phi) is 4.78. The zero-order valence-corrected chi connectivity index (χ0v) is 14.9. The molecule has 1 amide bonds. The number of hydrogen-bond donors (Lipinski definition) is 1. The Bertz CT molecular complexity index is 750. The third kappa shape index (κ3) is 3.00. The van der Waals surface area contributed by atoms with Gasteiger partial charge in [0.15, 0.2) is 0 Å². The van der Waals surface area contributed by atoms with E-state index in [9.17, 15) is 4.79 Å². The van der Waals surface area contributed by atoms with Crippen molar-refractivity contribution in [3.05, 3.63) is 23.0 Å². The second-order valence-corrected chi connectivity index (χ2v) is 6.71. The normalized spacial score (nSPS) is 18.4. The number of pyridine rings is 1. The van der Waals surface area contributed by atoms with Crippen LogP contribution in [0.2, 0.25) is 0 Å². The molecule has 1 aliphatic carbocycles. The number of piperidine rings is 1. The van der Waals surface area contributed by atoms with Crippen molar-refractivity contribution in [2.24, 2.45) is 0 Å². The molecule has 0 spiro atoms. The average molecular weight is 351 g/mol. The maximum absolute atomic E-state index is 13.1. The van der Waals surface area contributed by atoms with Gasteiger partial charge in [-0.15, -0.1) is 12.4 Å². The largest absolute Gasteiger partial charge is 0.339 e. The molecule has 2 aliphatic rings. The van der Waals surface area contributed by atoms with E-state index in [-0.39, 0.29) is 24.4 Å². The number of nitrogens with zero attached hydrogens (tertiary/aromatic N) is 3. The molecule has 0 bridgehead atoms. The Morgan fingerprint density at radius 2 is 2.00 bits per heavy atom. The highest BCUT2D eigenvalue weighted by Crippen LogP contribution is 2.40. The summed E-state index contributed by atoms with van der Waals surface area (Å²) in [6.07, 6.45) is 4.27. The van der Waals surface area contributed by atoms with Crippen molar-refractivity contribution in [1.29, 1.82) is 0 Å². The highest BCUT2D eigenvalue weighted by molar-refractivity contribution is 6.06. The number of hydrogen-bond acceptors (Lipinski definition) is 5. The summed E-state index contributed by atoms with van der Waals surface area (Å²) in [5, 5.41) is 8.12. The van der Waals surface area contributed by atoms with Crippen LogP contribution in [0.5, 0.6) is 0 Å². The lowest BCUT2D eigenvalue weighted by molar-refractivity contribution is 0.0705. The lowest BCUT2D eigenvalue weighted by Crippen LogP contribution is -2.44. The second kappa shape index (κ2) is 6.69. The summed E-state index contributed by atoms with van der Waals surface area (Å²) < 4.78 is 5.34. The number of rotatable bonds is 3. The molecule has 0 unspecified atom stereocenters. The second-order valence-electron chi connectivity index (χ2n) is 6.71. The summed E-state index contributed by atoms with van der Waals surface area (Å²) in [7, 11) is 1.91. The Morgan fingerprint density at radius 1 is 1.29 bits per heavy atom. The van der Waals surface area contributed by atoms with Gasteiger partial charge in [0.05, 0.1) is 16.6 Å². The summed E-state index contributed by atoms with van der Waals surface area (Å²) in [6, 6.07) is 2.25. The molecule has 0 aromatic carbocycles. The lowest BCUT2D eigenvalue weighted by Gasteiger charge is -2.31. The van der Waals surface area contributed by atoms with Crippen molar-refractivity contribution < 1.29 is 9.32 Å². The smallest absolute Gasteiger partial charge is 0.259 e. The van der Waals surface area contributed by atoms with Gasteiger partial charge < -0.3 is 14.7 Å². The number of aryl methyl sites for hydroxylation is 1. The Balaban J connectivity index is 0.00000169. The van der Waals surface area contributed by atoms with Gasteiger partial charge in [0.2, 0.25) is 0 Å². The SMILES string of the molecule is Cc1noc2nc(C3CC3)cc(C(=O)N(C)C3CCNCC3)c12.Cl. The third-order valence-corrected chi connectivity index (χ3v) is 5.04. The van der Waals surface area contributed by atoms with E-state index in [1.165, 1.54) is 0 Å². The molecule has 4 rings (SSSR count). The summed E-state index contributed by atoms with van der Waals surface area (Å²) in [5.41, 5.74) is 2.89. The van der Waals surface area contributed by atoms with Crippen LogP contribution in [0.15, 0.2) is 10.6 Å². The first-order valence-corrected chi connectivity index (χ1v) is 8.40. The van der Waals surface area contributed by atoms with Crippen LogP contribution in [-0.4, -0.2) is 47.1 Å². The molecule has 1 saturated heterocycles. The van der Waals surface area contributed by atoms with Crippen LogP contribution >= 0.6 is 12.4 Å². The van der Waals surface area contributed by atoms with Gasteiger partial charge in [-0.05, 0) is 51.8 Å². The maximum Gasteiger partial charge on any atom is 0.259 e. The Hall–Kier alpha value is -1.66. The quantitative estimate of drug-likeness (QED) is 0.921. The zero-order valence-electron chi connectivity index (χ0n) is 14.0. The molecule has 2 aromatic rings. The first-order valence-electron chi connectivity index (χ1n) is 8.40. The van der Waals surface area contributed by atoms with E-state index in [0.717, 1.165) is 55.5 Å². The molecule has 0 radical (unpaired) electrons. The van der Waals surface area contributed by atoms with Crippen LogP contribution in [0.4, 0.5) is 0 Å². The fraction of sp³-hybridized carbons (Fsp3) is 0.588. The van der Waals surface area contributed by atoms with E-state index >= 15 is 0 Å². The summed E-state index contributed by atoms with van der Waals surface area (Å²) in [5.74, 6) is 0.526. The fourth-order valence-corrected chi connectivity index (χ4v) is 3.42. The van der Waals surface area contributed by atoms with Crippen molar-refractivity contribution in [2.45, 2.75) is 44.6 Å². The maximum atomic E-state index is 13.1. The van der Waals surface area contributed by atoms with Crippen LogP contribution in [0.1, 0.15) is 53.3 Å². The molecule has 0 atom stereocenters. The minimum Gasteiger partial charge on any atom is -0.339 e. The topological polar surface area (TPSA) is 71.3 Å². The molecular formula is C17H23ClN4O2. The van der Waals surface area contributed by atoms with Gasteiger partial charge in [0, 0.05) is 24.7 Å². The van der Waals surface area contributed by atoms with Gasteiger partial charge in [-0.2, -0.15) is 0 Å². The average Bonchev–Trinajstić information content (AvgIpc) is 3.37. The summed E-state index contributed by atoms with van der Waals surface area (Å²) >= 11 is 0. The lowest BCUT2D eigenvalue weighted by atomic mass is 10.0. The predicted octanol–water partition coefficient (Wildman–Crippen LogP) is 2.65. The number of fused-ring (bicyclic) bond motifs is 1. The molecule has 3 heterocycles. The molecule has 7 heteroatoms. The molecule has 1 aliphatic heterocycles. The Labute approximate surface area is 147 Å². The van der Waals surface area contributed by atoms with Crippen molar-refractivity contribution in [1.82, 2.24) is 20.4 Å². The van der Waals surface area contributed by atoms with Gasteiger partial charge in [-0.1, -0.05) is 5.16 Å². The third-order valence-electron chi connectivity index (χ3n) is 5.04. The molecular weight excluding hydrogens is 328 g/mol. The van der Waals surface area contributed by atoms with E-state index in [4.69, 9.17) is 4.52 Å². The summed E-state index contributed by atoms with van der Waals surface area (Å²) in [4.78, 5) is 19.6. The van der Waals surface area contributed by atoms with Crippen LogP contribution < -0.4 is 5.32 Å². The Morgan fingerprint density at radius 3 is 2.67 bits per heavy atom. The van der Waals surface area contributed by atoms with Crippen molar-refractivity contribution in [2.75, 3.05) is 20.1 Å². The molecule has 130 valence electrons. The van der Waals surface area contributed by atoms with E-state index in [0.29, 0.717) is 17.2 Å². The van der Waals surface area contributed by atoms with E-state index in [1.54, 1.807) is 0 Å². The molecule has 1 saturated carbocycles. The van der Waals surface area contributed by atoms with Gasteiger partial charge in [-0.25, -0.2) is 4.98 Å². The minimum absolute atomic E-state index is 0.